The average Bonchev–Trinajstić information content (AvgIpc) is 2.29. The molecule has 0 aliphatic rings. The molecule has 0 saturated carbocycles. The second-order valence-electron chi connectivity index (χ2n) is 4.79. The van der Waals surface area contributed by atoms with Crippen LogP contribution in [0.4, 0.5) is 4.39 Å². The van der Waals surface area contributed by atoms with Gasteiger partial charge in [0.25, 0.3) is 0 Å². The molecule has 4 nitrogen and oxygen atoms in total. The fourth-order valence-corrected chi connectivity index (χ4v) is 1.15. The van der Waals surface area contributed by atoms with Crippen LogP contribution in [-0.2, 0) is 4.79 Å². The van der Waals surface area contributed by atoms with Gasteiger partial charge in [-0.05, 0) is 32.9 Å². The molecular weight excluding hydrogens is 239 g/mol. The number of rotatable bonds is 3. The first-order valence-corrected chi connectivity index (χ1v) is 5.34. The van der Waals surface area contributed by atoms with E-state index in [1.54, 1.807) is 20.8 Å². The lowest BCUT2D eigenvalue weighted by Crippen LogP contribution is -2.26. The van der Waals surface area contributed by atoms with Crippen LogP contribution in [-0.4, -0.2) is 19.4 Å². The standard InChI is InChI=1S/C13H15FO4/c1-13(2,3)12(16)18-11-9(14)5-8(7-15)6-10(11)17-4/h5-7H,1-4H3. The Kier molecular flexibility index (Phi) is 4.06. The number of aldehydes is 1. The van der Waals surface area contributed by atoms with Crippen molar-refractivity contribution in [2.75, 3.05) is 7.11 Å². The second-order valence-corrected chi connectivity index (χ2v) is 4.79. The lowest BCUT2D eigenvalue weighted by Gasteiger charge is -2.18. The van der Waals surface area contributed by atoms with Crippen molar-refractivity contribution in [3.8, 4) is 11.5 Å². The topological polar surface area (TPSA) is 52.6 Å². The van der Waals surface area contributed by atoms with Crippen molar-refractivity contribution in [2.45, 2.75) is 20.8 Å². The Morgan fingerprint density at radius 3 is 2.39 bits per heavy atom. The van der Waals surface area contributed by atoms with Crippen LogP contribution in [0, 0.1) is 11.2 Å². The third-order valence-electron chi connectivity index (χ3n) is 2.19. The second kappa shape index (κ2) is 5.16. The van der Waals surface area contributed by atoms with E-state index in [0.29, 0.717) is 6.29 Å². The maximum atomic E-state index is 13.7. The molecule has 0 fully saturated rings. The lowest BCUT2D eigenvalue weighted by atomic mass is 9.97. The zero-order chi connectivity index (χ0) is 13.9. The number of benzene rings is 1. The molecule has 1 aromatic carbocycles. The smallest absolute Gasteiger partial charge is 0.316 e. The van der Waals surface area contributed by atoms with Crippen LogP contribution in [0.2, 0.25) is 0 Å². The number of hydrogen-bond donors (Lipinski definition) is 0. The first-order chi connectivity index (χ1) is 8.29. The van der Waals surface area contributed by atoms with E-state index < -0.39 is 17.2 Å². The van der Waals surface area contributed by atoms with Crippen LogP contribution < -0.4 is 9.47 Å². The zero-order valence-corrected chi connectivity index (χ0v) is 10.7. The molecule has 1 aromatic rings. The first-order valence-electron chi connectivity index (χ1n) is 5.34. The van der Waals surface area contributed by atoms with Crippen molar-refractivity contribution in [3.05, 3.63) is 23.5 Å². The van der Waals surface area contributed by atoms with Gasteiger partial charge in [-0.3, -0.25) is 9.59 Å². The summed E-state index contributed by atoms with van der Waals surface area (Å²) in [5.74, 6) is -1.69. The Labute approximate surface area is 105 Å². The van der Waals surface area contributed by atoms with Gasteiger partial charge >= 0.3 is 5.97 Å². The van der Waals surface area contributed by atoms with E-state index in [-0.39, 0.29) is 17.1 Å². The van der Waals surface area contributed by atoms with E-state index in [9.17, 15) is 14.0 Å². The van der Waals surface area contributed by atoms with Gasteiger partial charge in [0.2, 0.25) is 5.75 Å². The maximum absolute atomic E-state index is 13.7. The number of carbonyl (C=O) groups excluding carboxylic acids is 2. The largest absolute Gasteiger partial charge is 0.493 e. The third kappa shape index (κ3) is 3.06. The molecule has 0 spiro atoms. The molecule has 0 amide bonds. The predicted octanol–water partition coefficient (Wildman–Crippen LogP) is 2.60. The number of hydrogen-bond acceptors (Lipinski definition) is 4. The van der Waals surface area contributed by atoms with Crippen LogP contribution in [0.5, 0.6) is 11.5 Å². The summed E-state index contributed by atoms with van der Waals surface area (Å²) in [5.41, 5.74) is -0.652. The summed E-state index contributed by atoms with van der Waals surface area (Å²) < 4.78 is 23.6. The van der Waals surface area contributed by atoms with Gasteiger partial charge < -0.3 is 9.47 Å². The molecule has 0 aliphatic heterocycles. The number of ether oxygens (including phenoxy) is 2. The van der Waals surface area contributed by atoms with Crippen molar-refractivity contribution >= 4 is 12.3 Å². The highest BCUT2D eigenvalue weighted by molar-refractivity contribution is 5.80. The quantitative estimate of drug-likeness (QED) is 0.472. The van der Waals surface area contributed by atoms with E-state index in [1.165, 1.54) is 13.2 Å². The van der Waals surface area contributed by atoms with Gasteiger partial charge in [0.15, 0.2) is 11.6 Å². The van der Waals surface area contributed by atoms with Gasteiger partial charge in [0.05, 0.1) is 12.5 Å². The summed E-state index contributed by atoms with van der Waals surface area (Å²) in [7, 11) is 1.30. The predicted molar refractivity (Wildman–Crippen MR) is 63.4 cm³/mol. The van der Waals surface area contributed by atoms with Crippen LogP contribution in [0.1, 0.15) is 31.1 Å². The van der Waals surface area contributed by atoms with Gasteiger partial charge in [-0.2, -0.15) is 0 Å². The Hall–Kier alpha value is -1.91. The van der Waals surface area contributed by atoms with E-state index in [0.717, 1.165) is 6.07 Å². The van der Waals surface area contributed by atoms with Crippen LogP contribution in [0.3, 0.4) is 0 Å². The van der Waals surface area contributed by atoms with Gasteiger partial charge in [0, 0.05) is 5.56 Å². The Morgan fingerprint density at radius 1 is 1.33 bits per heavy atom. The number of halogens is 1. The zero-order valence-electron chi connectivity index (χ0n) is 10.7. The van der Waals surface area contributed by atoms with E-state index in [2.05, 4.69) is 0 Å². The SMILES string of the molecule is COc1cc(C=O)cc(F)c1OC(=O)C(C)(C)C. The molecule has 0 bridgehead atoms. The molecule has 98 valence electrons. The van der Waals surface area contributed by atoms with Crippen molar-refractivity contribution in [3.63, 3.8) is 0 Å². The average molecular weight is 254 g/mol. The fourth-order valence-electron chi connectivity index (χ4n) is 1.15. The van der Waals surface area contributed by atoms with E-state index >= 15 is 0 Å². The van der Waals surface area contributed by atoms with Gasteiger partial charge in [-0.25, -0.2) is 4.39 Å². The highest BCUT2D eigenvalue weighted by Gasteiger charge is 2.26. The molecule has 0 aliphatic carbocycles. The molecule has 0 N–H and O–H groups in total. The summed E-state index contributed by atoms with van der Waals surface area (Å²) in [5, 5.41) is 0. The Bertz CT molecular complexity index is 475. The molecule has 0 atom stereocenters. The number of carbonyl (C=O) groups is 2. The summed E-state index contributed by atoms with van der Waals surface area (Å²) in [6, 6.07) is 2.29. The molecule has 1 rings (SSSR count). The van der Waals surface area contributed by atoms with Crippen molar-refractivity contribution in [1.82, 2.24) is 0 Å². The van der Waals surface area contributed by atoms with Crippen LogP contribution in [0.25, 0.3) is 0 Å². The number of esters is 1. The minimum Gasteiger partial charge on any atom is -0.493 e. The van der Waals surface area contributed by atoms with E-state index in [4.69, 9.17) is 9.47 Å². The lowest BCUT2D eigenvalue weighted by molar-refractivity contribution is -0.143. The third-order valence-corrected chi connectivity index (χ3v) is 2.19. The van der Waals surface area contributed by atoms with Gasteiger partial charge in [-0.1, -0.05) is 0 Å². The summed E-state index contributed by atoms with van der Waals surface area (Å²) in [6.07, 6.45) is 0.487. The van der Waals surface area contributed by atoms with Crippen molar-refractivity contribution in [1.29, 1.82) is 0 Å². The Balaban J connectivity index is 3.16. The fraction of sp³-hybridized carbons (Fsp3) is 0.385. The highest BCUT2D eigenvalue weighted by Crippen LogP contribution is 2.33. The van der Waals surface area contributed by atoms with Crippen LogP contribution in [0.15, 0.2) is 12.1 Å². The van der Waals surface area contributed by atoms with Crippen molar-refractivity contribution in [2.24, 2.45) is 5.41 Å². The van der Waals surface area contributed by atoms with Crippen molar-refractivity contribution < 1.29 is 23.5 Å². The first kappa shape index (κ1) is 14.2. The molecule has 0 unspecified atom stereocenters. The summed E-state index contributed by atoms with van der Waals surface area (Å²) in [4.78, 5) is 22.3. The normalized spacial score (nSPS) is 10.9. The minimum absolute atomic E-state index is 0.00898. The van der Waals surface area contributed by atoms with Gasteiger partial charge in [-0.15, -0.1) is 0 Å². The molecule has 18 heavy (non-hydrogen) atoms. The molecule has 0 saturated heterocycles. The Morgan fingerprint density at radius 2 is 1.94 bits per heavy atom. The van der Waals surface area contributed by atoms with Gasteiger partial charge in [0.1, 0.15) is 6.29 Å². The number of methoxy groups -OCH3 is 1. The van der Waals surface area contributed by atoms with E-state index in [1.807, 2.05) is 0 Å². The molecule has 0 radical (unpaired) electrons. The monoisotopic (exact) mass is 254 g/mol. The molecule has 5 heteroatoms. The summed E-state index contributed by atoms with van der Waals surface area (Å²) in [6.45, 7) is 4.96. The highest BCUT2D eigenvalue weighted by atomic mass is 19.1. The molecule has 0 aromatic heterocycles. The molecule has 0 heterocycles. The van der Waals surface area contributed by atoms with Crippen LogP contribution >= 0.6 is 0 Å². The minimum atomic E-state index is -0.811. The maximum Gasteiger partial charge on any atom is 0.316 e. The molecular formula is C13H15FO4. The summed E-state index contributed by atoms with van der Waals surface area (Å²) >= 11 is 0.